The van der Waals surface area contributed by atoms with Gasteiger partial charge in [-0.3, -0.25) is 9.88 Å². The van der Waals surface area contributed by atoms with Crippen LogP contribution < -0.4 is 5.32 Å². The summed E-state index contributed by atoms with van der Waals surface area (Å²) in [5, 5.41) is 3.42. The average molecular weight is 347 g/mol. The Labute approximate surface area is 133 Å². The van der Waals surface area contributed by atoms with Gasteiger partial charge < -0.3 is 5.32 Å². The van der Waals surface area contributed by atoms with Gasteiger partial charge in [-0.05, 0) is 58.6 Å². The van der Waals surface area contributed by atoms with Crippen molar-refractivity contribution in [3.63, 3.8) is 0 Å². The van der Waals surface area contributed by atoms with E-state index >= 15 is 0 Å². The van der Waals surface area contributed by atoms with Crippen LogP contribution in [0, 0.1) is 5.92 Å². The van der Waals surface area contributed by atoms with E-state index in [9.17, 15) is 0 Å². The van der Waals surface area contributed by atoms with Crippen LogP contribution in [-0.4, -0.2) is 34.5 Å². The van der Waals surface area contributed by atoms with Gasteiger partial charge in [0.15, 0.2) is 0 Å². The molecule has 0 amide bonds. The largest absolute Gasteiger partial charge is 0.370 e. The van der Waals surface area contributed by atoms with Crippen molar-refractivity contribution in [1.82, 2.24) is 14.9 Å². The van der Waals surface area contributed by atoms with E-state index in [4.69, 9.17) is 0 Å². The molecule has 5 heteroatoms. The fourth-order valence-electron chi connectivity index (χ4n) is 2.74. The zero-order valence-corrected chi connectivity index (χ0v) is 13.5. The van der Waals surface area contributed by atoms with Crippen LogP contribution in [0.15, 0.2) is 47.3 Å². The summed E-state index contributed by atoms with van der Waals surface area (Å²) in [6.45, 7) is 4.25. The van der Waals surface area contributed by atoms with E-state index in [1.807, 2.05) is 36.8 Å². The van der Waals surface area contributed by atoms with Crippen LogP contribution in [0.3, 0.4) is 0 Å². The first-order chi connectivity index (χ1) is 10.3. The summed E-state index contributed by atoms with van der Waals surface area (Å²) in [7, 11) is 0. The average Bonchev–Trinajstić information content (AvgIpc) is 2.94. The summed E-state index contributed by atoms with van der Waals surface area (Å²) >= 11 is 3.48. The highest BCUT2D eigenvalue weighted by molar-refractivity contribution is 9.10. The van der Waals surface area contributed by atoms with Gasteiger partial charge in [0.1, 0.15) is 5.82 Å². The van der Waals surface area contributed by atoms with Crippen LogP contribution in [0.25, 0.3) is 0 Å². The highest BCUT2D eigenvalue weighted by atomic mass is 79.9. The first-order valence-electron chi connectivity index (χ1n) is 7.26. The molecule has 0 bridgehead atoms. The number of nitrogens with zero attached hydrogens (tertiary/aromatic N) is 3. The molecular weight excluding hydrogens is 328 g/mol. The number of hydrogen-bond acceptors (Lipinski definition) is 4. The first-order valence-corrected chi connectivity index (χ1v) is 8.05. The molecule has 0 spiro atoms. The van der Waals surface area contributed by atoms with E-state index in [0.29, 0.717) is 5.92 Å². The molecule has 1 aliphatic rings. The Hall–Kier alpha value is -1.46. The summed E-state index contributed by atoms with van der Waals surface area (Å²) in [6.07, 6.45) is 6.84. The normalized spacial score (nSPS) is 18.8. The molecule has 1 saturated heterocycles. The molecule has 0 unspecified atom stereocenters. The molecule has 0 aromatic carbocycles. The maximum absolute atomic E-state index is 4.30. The molecule has 1 fully saturated rings. The molecule has 3 heterocycles. The quantitative estimate of drug-likeness (QED) is 0.902. The maximum Gasteiger partial charge on any atom is 0.125 e. The maximum atomic E-state index is 4.30. The lowest BCUT2D eigenvalue weighted by Gasteiger charge is -2.16. The van der Waals surface area contributed by atoms with Crippen LogP contribution >= 0.6 is 15.9 Å². The predicted molar refractivity (Wildman–Crippen MR) is 88.0 cm³/mol. The minimum atomic E-state index is 0.687. The molecule has 3 rings (SSSR count). The predicted octanol–water partition coefficient (Wildman–Crippen LogP) is 3.17. The molecule has 1 N–H and O–H groups in total. The second-order valence-electron chi connectivity index (χ2n) is 5.50. The number of nitrogens with one attached hydrogen (secondary N) is 1. The third kappa shape index (κ3) is 4.25. The van der Waals surface area contributed by atoms with Gasteiger partial charge >= 0.3 is 0 Å². The van der Waals surface area contributed by atoms with Crippen LogP contribution in [0.2, 0.25) is 0 Å². The van der Waals surface area contributed by atoms with Crippen molar-refractivity contribution in [2.75, 3.05) is 25.0 Å². The Morgan fingerprint density at radius 2 is 2.29 bits per heavy atom. The van der Waals surface area contributed by atoms with Gasteiger partial charge in [-0.15, -0.1) is 0 Å². The second-order valence-corrected chi connectivity index (χ2v) is 6.41. The van der Waals surface area contributed by atoms with Crippen molar-refractivity contribution in [2.45, 2.75) is 13.0 Å². The molecule has 1 aliphatic heterocycles. The molecule has 0 aliphatic carbocycles. The van der Waals surface area contributed by atoms with E-state index in [-0.39, 0.29) is 0 Å². The molecule has 1 atom stereocenters. The standard InChI is InChI=1S/C16H19BrN4/c17-15-7-14(8-18-10-15)12-21-6-4-13(11-21)9-20-16-3-1-2-5-19-16/h1-3,5,7-8,10,13H,4,6,9,11-12H2,(H,19,20)/t13-/m1/s1. The van der Waals surface area contributed by atoms with Crippen molar-refractivity contribution in [1.29, 1.82) is 0 Å². The monoisotopic (exact) mass is 346 g/mol. The van der Waals surface area contributed by atoms with E-state index in [0.717, 1.165) is 36.5 Å². The summed E-state index contributed by atoms with van der Waals surface area (Å²) in [6, 6.07) is 8.11. The minimum Gasteiger partial charge on any atom is -0.370 e. The number of hydrogen-bond donors (Lipinski definition) is 1. The Balaban J connectivity index is 1.47. The van der Waals surface area contributed by atoms with Crippen molar-refractivity contribution in [3.05, 3.63) is 52.9 Å². The van der Waals surface area contributed by atoms with Gasteiger partial charge in [0.2, 0.25) is 0 Å². The van der Waals surface area contributed by atoms with Crippen LogP contribution in [0.4, 0.5) is 5.82 Å². The number of rotatable bonds is 5. The second kappa shape index (κ2) is 7.00. The Morgan fingerprint density at radius 3 is 3.10 bits per heavy atom. The molecule has 0 saturated carbocycles. The third-order valence-electron chi connectivity index (χ3n) is 3.77. The van der Waals surface area contributed by atoms with Crippen LogP contribution in [0.5, 0.6) is 0 Å². The molecule has 21 heavy (non-hydrogen) atoms. The lowest BCUT2D eigenvalue weighted by atomic mass is 10.1. The van der Waals surface area contributed by atoms with Gasteiger partial charge in [-0.1, -0.05) is 6.07 Å². The number of halogens is 1. The number of pyridine rings is 2. The fourth-order valence-corrected chi connectivity index (χ4v) is 3.15. The van der Waals surface area contributed by atoms with E-state index in [1.165, 1.54) is 12.0 Å². The van der Waals surface area contributed by atoms with E-state index < -0.39 is 0 Å². The molecule has 2 aromatic heterocycles. The highest BCUT2D eigenvalue weighted by Crippen LogP contribution is 2.20. The van der Waals surface area contributed by atoms with Crippen LogP contribution in [0.1, 0.15) is 12.0 Å². The van der Waals surface area contributed by atoms with Gasteiger partial charge in [-0.2, -0.15) is 0 Å². The zero-order chi connectivity index (χ0) is 14.5. The number of likely N-dealkylation sites (tertiary alicyclic amines) is 1. The number of anilines is 1. The van der Waals surface area contributed by atoms with Crippen LogP contribution in [-0.2, 0) is 6.54 Å². The number of aromatic nitrogens is 2. The Kier molecular flexibility index (Phi) is 4.83. The van der Waals surface area contributed by atoms with Crippen molar-refractivity contribution < 1.29 is 0 Å². The topological polar surface area (TPSA) is 41.1 Å². The highest BCUT2D eigenvalue weighted by Gasteiger charge is 2.22. The lowest BCUT2D eigenvalue weighted by Crippen LogP contribution is -2.22. The fraction of sp³-hybridized carbons (Fsp3) is 0.375. The Bertz CT molecular complexity index is 575. The molecule has 4 nitrogen and oxygen atoms in total. The first kappa shape index (κ1) is 14.5. The molecule has 2 aromatic rings. The minimum absolute atomic E-state index is 0.687. The van der Waals surface area contributed by atoms with Crippen molar-refractivity contribution >= 4 is 21.7 Å². The molecule has 0 radical (unpaired) electrons. The van der Waals surface area contributed by atoms with Gasteiger partial charge in [0.05, 0.1) is 0 Å². The zero-order valence-electron chi connectivity index (χ0n) is 11.9. The van der Waals surface area contributed by atoms with Gasteiger partial charge in [0.25, 0.3) is 0 Å². The van der Waals surface area contributed by atoms with Gasteiger partial charge in [0, 0.05) is 42.7 Å². The molecule has 110 valence electrons. The van der Waals surface area contributed by atoms with Gasteiger partial charge in [-0.25, -0.2) is 4.98 Å². The van der Waals surface area contributed by atoms with Crippen molar-refractivity contribution in [3.8, 4) is 0 Å². The van der Waals surface area contributed by atoms with Crippen molar-refractivity contribution in [2.24, 2.45) is 5.92 Å². The summed E-state index contributed by atoms with van der Waals surface area (Å²) in [5.74, 6) is 1.65. The summed E-state index contributed by atoms with van der Waals surface area (Å²) in [5.41, 5.74) is 1.27. The van der Waals surface area contributed by atoms with E-state index in [2.05, 4.69) is 42.2 Å². The third-order valence-corrected chi connectivity index (χ3v) is 4.21. The van der Waals surface area contributed by atoms with E-state index in [1.54, 1.807) is 0 Å². The smallest absolute Gasteiger partial charge is 0.125 e. The summed E-state index contributed by atoms with van der Waals surface area (Å²) < 4.78 is 1.05. The lowest BCUT2D eigenvalue weighted by molar-refractivity contribution is 0.318. The SMILES string of the molecule is Brc1cncc(CN2CC[C@H](CNc3ccccn3)C2)c1. The molecular formula is C16H19BrN4. The summed E-state index contributed by atoms with van der Waals surface area (Å²) in [4.78, 5) is 11.0. The Morgan fingerprint density at radius 1 is 1.33 bits per heavy atom.